The van der Waals surface area contributed by atoms with E-state index in [9.17, 15) is 14.4 Å². The highest BCUT2D eigenvalue weighted by atomic mass is 16.6. The Morgan fingerprint density at radius 2 is 1.69 bits per heavy atom. The van der Waals surface area contributed by atoms with Gasteiger partial charge in [-0.05, 0) is 61.7 Å². The SMILES string of the molecule is C=CC(=O)OCC(C)(COC(=O)CCN(C)CCCC)NC(=O)OC1CC(C)(C)N(C)C(C)(C)C1. The van der Waals surface area contributed by atoms with Crippen LogP contribution < -0.4 is 5.32 Å². The lowest BCUT2D eigenvalue weighted by atomic mass is 9.79. The predicted octanol–water partition coefficient (Wildman–Crippen LogP) is 3.52. The van der Waals surface area contributed by atoms with Crippen molar-refractivity contribution >= 4 is 18.0 Å². The van der Waals surface area contributed by atoms with Gasteiger partial charge in [-0.15, -0.1) is 0 Å². The average Bonchev–Trinajstić information content (AvgIpc) is 2.76. The highest BCUT2D eigenvalue weighted by Gasteiger charge is 2.45. The number of esters is 2. The molecule has 0 aromatic rings. The number of rotatable bonds is 13. The summed E-state index contributed by atoms with van der Waals surface area (Å²) in [5.41, 5.74) is -1.44. The number of hydrogen-bond acceptors (Lipinski definition) is 8. The van der Waals surface area contributed by atoms with E-state index in [1.165, 1.54) is 0 Å². The van der Waals surface area contributed by atoms with Crippen LogP contribution in [-0.4, -0.2) is 91.0 Å². The Morgan fingerprint density at radius 3 is 2.23 bits per heavy atom. The molecule has 9 heteroatoms. The van der Waals surface area contributed by atoms with Crippen molar-refractivity contribution in [3.8, 4) is 0 Å². The molecule has 202 valence electrons. The Kier molecular flexibility index (Phi) is 11.7. The van der Waals surface area contributed by atoms with Crippen molar-refractivity contribution in [2.24, 2.45) is 0 Å². The van der Waals surface area contributed by atoms with E-state index in [2.05, 4.69) is 63.4 Å². The lowest BCUT2D eigenvalue weighted by molar-refractivity contribution is -0.148. The van der Waals surface area contributed by atoms with Crippen LogP contribution in [0.1, 0.15) is 73.6 Å². The standard InChI is InChI=1S/C26H47N3O6/c1-10-12-14-28(8)15-13-22(31)34-19-26(7,18-33-21(30)11-2)27-23(32)35-20-16-24(3,4)29(9)25(5,6)17-20/h11,20H,2,10,12-19H2,1,3-9H3,(H,27,32). The Balaban J connectivity index is 2.75. The van der Waals surface area contributed by atoms with Crippen molar-refractivity contribution in [3.05, 3.63) is 12.7 Å². The third kappa shape index (κ3) is 10.6. The van der Waals surface area contributed by atoms with E-state index in [0.717, 1.165) is 25.5 Å². The first kappa shape index (κ1) is 30.9. The van der Waals surface area contributed by atoms with E-state index in [1.807, 2.05) is 7.05 Å². The first-order chi connectivity index (χ1) is 16.1. The van der Waals surface area contributed by atoms with E-state index >= 15 is 0 Å². The fourth-order valence-corrected chi connectivity index (χ4v) is 4.33. The molecule has 0 aliphatic carbocycles. The average molecular weight is 498 g/mol. The zero-order chi connectivity index (χ0) is 26.9. The Hall–Kier alpha value is -2.13. The Morgan fingerprint density at radius 1 is 1.11 bits per heavy atom. The van der Waals surface area contributed by atoms with E-state index in [1.54, 1.807) is 6.92 Å². The molecule has 0 bridgehead atoms. The van der Waals surface area contributed by atoms with Crippen molar-refractivity contribution in [3.63, 3.8) is 0 Å². The molecule has 1 aliphatic heterocycles. The number of likely N-dealkylation sites (tertiary alicyclic amines) is 1. The first-order valence-electron chi connectivity index (χ1n) is 12.5. The number of ether oxygens (including phenoxy) is 3. The minimum atomic E-state index is -1.16. The van der Waals surface area contributed by atoms with Crippen LogP contribution in [0, 0.1) is 0 Å². The third-order valence-corrected chi connectivity index (χ3v) is 6.79. The summed E-state index contributed by atoms with van der Waals surface area (Å²) in [6.07, 6.45) is 3.87. The smallest absolute Gasteiger partial charge is 0.408 e. The van der Waals surface area contributed by atoms with Gasteiger partial charge in [-0.2, -0.15) is 0 Å². The summed E-state index contributed by atoms with van der Waals surface area (Å²) in [4.78, 5) is 41.2. The number of hydrogen-bond donors (Lipinski definition) is 1. The summed E-state index contributed by atoms with van der Waals surface area (Å²) in [5.74, 6) is -1.02. The van der Waals surface area contributed by atoms with Gasteiger partial charge in [-0.1, -0.05) is 19.9 Å². The van der Waals surface area contributed by atoms with Gasteiger partial charge in [0.05, 0.1) is 6.42 Å². The van der Waals surface area contributed by atoms with Gasteiger partial charge >= 0.3 is 18.0 Å². The van der Waals surface area contributed by atoms with Crippen molar-refractivity contribution in [1.29, 1.82) is 0 Å². The van der Waals surface area contributed by atoms with Crippen LogP contribution in [0.4, 0.5) is 4.79 Å². The second kappa shape index (κ2) is 13.3. The quantitative estimate of drug-likeness (QED) is 0.235. The van der Waals surface area contributed by atoms with Crippen LogP contribution in [-0.2, 0) is 23.8 Å². The molecular weight excluding hydrogens is 450 g/mol. The third-order valence-electron chi connectivity index (χ3n) is 6.79. The molecule has 0 aromatic carbocycles. The molecule has 0 aromatic heterocycles. The first-order valence-corrected chi connectivity index (χ1v) is 12.5. The number of piperidine rings is 1. The molecule has 1 heterocycles. The molecule has 1 saturated heterocycles. The second-order valence-corrected chi connectivity index (χ2v) is 11.2. The molecule has 1 rings (SSSR count). The van der Waals surface area contributed by atoms with Crippen LogP contribution >= 0.6 is 0 Å². The Bertz CT molecular complexity index is 721. The number of amides is 1. The van der Waals surface area contributed by atoms with Crippen molar-refractivity contribution in [1.82, 2.24) is 15.1 Å². The number of carbonyl (C=O) groups excluding carboxylic acids is 3. The maximum atomic E-state index is 12.9. The maximum absolute atomic E-state index is 12.9. The highest BCUT2D eigenvalue weighted by molar-refractivity contribution is 5.81. The molecule has 1 atom stereocenters. The minimum absolute atomic E-state index is 0.144. The van der Waals surface area contributed by atoms with Crippen molar-refractivity contribution < 1.29 is 28.6 Å². The van der Waals surface area contributed by atoms with E-state index < -0.39 is 17.6 Å². The van der Waals surface area contributed by atoms with Gasteiger partial charge in [-0.3, -0.25) is 9.69 Å². The van der Waals surface area contributed by atoms with Crippen molar-refractivity contribution in [2.45, 2.75) is 96.4 Å². The van der Waals surface area contributed by atoms with Gasteiger partial charge in [0.2, 0.25) is 0 Å². The molecule has 1 N–H and O–H groups in total. The molecule has 1 amide bonds. The molecule has 0 saturated carbocycles. The molecular formula is C26H47N3O6. The highest BCUT2D eigenvalue weighted by Crippen LogP contribution is 2.38. The summed E-state index contributed by atoms with van der Waals surface area (Å²) >= 11 is 0. The zero-order valence-corrected chi connectivity index (χ0v) is 23.1. The molecule has 0 spiro atoms. The maximum Gasteiger partial charge on any atom is 0.408 e. The largest absolute Gasteiger partial charge is 0.463 e. The van der Waals surface area contributed by atoms with Crippen LogP contribution in [0.25, 0.3) is 0 Å². The number of alkyl carbamates (subject to hydrolysis) is 1. The lowest BCUT2D eigenvalue weighted by Gasteiger charge is -2.53. The molecule has 0 radical (unpaired) electrons. The van der Waals surface area contributed by atoms with E-state index in [4.69, 9.17) is 14.2 Å². The summed E-state index contributed by atoms with van der Waals surface area (Å²) in [7, 11) is 4.04. The van der Waals surface area contributed by atoms with Gasteiger partial charge in [0.1, 0.15) is 24.9 Å². The van der Waals surface area contributed by atoms with Crippen molar-refractivity contribution in [2.75, 3.05) is 40.4 Å². The number of carbonyl (C=O) groups is 3. The Labute approximate surface area is 211 Å². The molecule has 9 nitrogen and oxygen atoms in total. The summed E-state index contributed by atoms with van der Waals surface area (Å²) < 4.78 is 16.4. The number of nitrogens with one attached hydrogen (secondary N) is 1. The molecule has 35 heavy (non-hydrogen) atoms. The van der Waals surface area contributed by atoms with Gasteiger partial charge in [0, 0.05) is 36.5 Å². The second-order valence-electron chi connectivity index (χ2n) is 11.2. The van der Waals surface area contributed by atoms with Crippen LogP contribution in [0.5, 0.6) is 0 Å². The molecule has 1 unspecified atom stereocenters. The summed E-state index contributed by atoms with van der Waals surface area (Å²) in [6.45, 7) is 16.8. The zero-order valence-electron chi connectivity index (χ0n) is 23.1. The van der Waals surface area contributed by atoms with Gasteiger partial charge in [-0.25, -0.2) is 9.59 Å². The van der Waals surface area contributed by atoms with Gasteiger partial charge in [0.25, 0.3) is 0 Å². The van der Waals surface area contributed by atoms with Crippen LogP contribution in [0.15, 0.2) is 12.7 Å². The molecule has 1 fully saturated rings. The lowest BCUT2D eigenvalue weighted by Crippen LogP contribution is -2.61. The van der Waals surface area contributed by atoms with E-state index in [0.29, 0.717) is 19.4 Å². The number of unbranched alkanes of at least 4 members (excludes halogenated alkanes) is 1. The fourth-order valence-electron chi connectivity index (χ4n) is 4.33. The van der Waals surface area contributed by atoms with Crippen LogP contribution in [0.2, 0.25) is 0 Å². The minimum Gasteiger partial charge on any atom is -0.463 e. The topological polar surface area (TPSA) is 97.4 Å². The predicted molar refractivity (Wildman–Crippen MR) is 136 cm³/mol. The summed E-state index contributed by atoms with van der Waals surface area (Å²) in [5, 5.41) is 2.76. The van der Waals surface area contributed by atoms with E-state index in [-0.39, 0.29) is 42.8 Å². The van der Waals surface area contributed by atoms with Gasteiger partial charge in [0.15, 0.2) is 0 Å². The normalized spacial score (nSPS) is 19.5. The fraction of sp³-hybridized carbons (Fsp3) is 0.808. The van der Waals surface area contributed by atoms with Gasteiger partial charge < -0.3 is 24.4 Å². The molecule has 1 aliphatic rings. The summed E-state index contributed by atoms with van der Waals surface area (Å²) in [6, 6.07) is 0. The monoisotopic (exact) mass is 497 g/mol. The van der Waals surface area contributed by atoms with Crippen LogP contribution in [0.3, 0.4) is 0 Å². The number of nitrogens with zero attached hydrogens (tertiary/aromatic N) is 2.